The molecule has 0 aliphatic heterocycles. The first-order valence-electron chi connectivity index (χ1n) is 11.1. The minimum Gasteiger partial charge on any atom is -0.419 e. The quantitative estimate of drug-likeness (QED) is 0.225. The summed E-state index contributed by atoms with van der Waals surface area (Å²) < 4.78 is 7.71. The van der Waals surface area contributed by atoms with Crippen molar-refractivity contribution in [2.75, 3.05) is 0 Å². The topological polar surface area (TPSA) is 73.8 Å². The van der Waals surface area contributed by atoms with Crippen molar-refractivity contribution in [3.63, 3.8) is 0 Å². The predicted octanol–water partition coefficient (Wildman–Crippen LogP) is 6.21. The van der Waals surface area contributed by atoms with E-state index in [1.807, 2.05) is 94.4 Å². The summed E-state index contributed by atoms with van der Waals surface area (Å²) in [4.78, 5) is 18.5. The second-order valence-corrected chi connectivity index (χ2v) is 9.67. The third kappa shape index (κ3) is 4.03. The summed E-state index contributed by atoms with van der Waals surface area (Å²) in [6, 6.07) is 21.4. The van der Waals surface area contributed by atoms with Crippen molar-refractivity contribution in [2.24, 2.45) is 0 Å². The van der Waals surface area contributed by atoms with E-state index >= 15 is 0 Å². The van der Waals surface area contributed by atoms with E-state index in [4.69, 9.17) is 9.40 Å². The van der Waals surface area contributed by atoms with Crippen LogP contribution >= 0.6 is 11.8 Å². The van der Waals surface area contributed by atoms with Crippen molar-refractivity contribution in [3.8, 4) is 17.1 Å². The van der Waals surface area contributed by atoms with Gasteiger partial charge in [0.2, 0.25) is 11.8 Å². The van der Waals surface area contributed by atoms with Gasteiger partial charge in [-0.3, -0.25) is 9.36 Å². The molecule has 1 atom stereocenters. The molecule has 3 aromatic carbocycles. The lowest BCUT2D eigenvalue weighted by molar-refractivity contribution is 0.508. The van der Waals surface area contributed by atoms with Crippen LogP contribution in [0.5, 0.6) is 0 Å². The Kier molecular flexibility index (Phi) is 5.79. The number of aromatic nitrogens is 4. The zero-order valence-electron chi connectivity index (χ0n) is 19.4. The molecule has 0 N–H and O–H groups in total. The first-order valence-corrected chi connectivity index (χ1v) is 12.0. The first kappa shape index (κ1) is 22.1. The molecule has 2 heterocycles. The molecule has 5 aromatic rings. The highest BCUT2D eigenvalue weighted by Crippen LogP contribution is 2.36. The van der Waals surface area contributed by atoms with Crippen LogP contribution in [0.15, 0.2) is 81.1 Å². The zero-order chi connectivity index (χ0) is 23.8. The summed E-state index contributed by atoms with van der Waals surface area (Å²) >= 11 is 1.43. The van der Waals surface area contributed by atoms with Gasteiger partial charge in [-0.25, -0.2) is 4.98 Å². The minimum atomic E-state index is -0.213. The Balaban J connectivity index is 1.59. The Bertz CT molecular complexity index is 1530. The van der Waals surface area contributed by atoms with Crippen molar-refractivity contribution in [2.45, 2.75) is 38.1 Å². The number of hydrogen-bond acceptors (Lipinski definition) is 6. The molecule has 0 amide bonds. The van der Waals surface area contributed by atoms with E-state index in [2.05, 4.69) is 10.2 Å². The normalized spacial score (nSPS) is 12.2. The van der Waals surface area contributed by atoms with Gasteiger partial charge in [0.25, 0.3) is 5.56 Å². The highest BCUT2D eigenvalue weighted by Gasteiger charge is 2.22. The molecule has 0 bridgehead atoms. The van der Waals surface area contributed by atoms with Crippen LogP contribution in [0.4, 0.5) is 0 Å². The Morgan fingerprint density at radius 1 is 0.882 bits per heavy atom. The van der Waals surface area contributed by atoms with Crippen molar-refractivity contribution < 1.29 is 4.42 Å². The molecule has 1 unspecified atom stereocenters. The first-order chi connectivity index (χ1) is 16.4. The van der Waals surface area contributed by atoms with E-state index in [0.29, 0.717) is 27.8 Å². The summed E-state index contributed by atoms with van der Waals surface area (Å²) in [5, 5.41) is 9.48. The maximum atomic E-state index is 13.6. The molecule has 7 heteroatoms. The number of hydrogen-bond donors (Lipinski definition) is 0. The number of thioether (sulfide) groups is 1. The monoisotopic (exact) mass is 468 g/mol. The average molecular weight is 469 g/mol. The molecule has 0 radical (unpaired) electrons. The second-order valence-electron chi connectivity index (χ2n) is 8.36. The molecule has 6 nitrogen and oxygen atoms in total. The highest BCUT2D eigenvalue weighted by atomic mass is 32.2. The molecule has 2 aromatic heterocycles. The van der Waals surface area contributed by atoms with Gasteiger partial charge in [0.1, 0.15) is 0 Å². The third-order valence-corrected chi connectivity index (χ3v) is 6.82. The summed E-state index contributed by atoms with van der Waals surface area (Å²) in [6.07, 6.45) is 0. The van der Waals surface area contributed by atoms with Crippen LogP contribution in [-0.4, -0.2) is 19.7 Å². The maximum absolute atomic E-state index is 13.6. The number of nitrogens with zero attached hydrogens (tertiary/aromatic N) is 4. The molecule has 0 fully saturated rings. The number of benzene rings is 3. The molecule has 0 saturated carbocycles. The van der Waals surface area contributed by atoms with Gasteiger partial charge in [-0.2, -0.15) is 0 Å². The fourth-order valence-electron chi connectivity index (χ4n) is 3.97. The summed E-state index contributed by atoms with van der Waals surface area (Å²) in [6.45, 7) is 8.03. The summed E-state index contributed by atoms with van der Waals surface area (Å²) in [5.74, 6) is 0.956. The van der Waals surface area contributed by atoms with Crippen LogP contribution in [0.1, 0.15) is 34.8 Å². The largest absolute Gasteiger partial charge is 0.419 e. The standard InChI is InChI=1S/C27H24N4O2S/c1-16-12-14-20(15-13-16)25-30-29-24(33-25)19(4)34-27-28-22-11-6-5-10-21(22)26(32)31(27)23-17(2)8-7-9-18(23)3/h5-15,19H,1-4H3. The van der Waals surface area contributed by atoms with Crippen molar-refractivity contribution in [3.05, 3.63) is 99.7 Å². The van der Waals surface area contributed by atoms with Gasteiger partial charge in [-0.05, 0) is 63.1 Å². The van der Waals surface area contributed by atoms with Crippen LogP contribution < -0.4 is 5.56 Å². The van der Waals surface area contributed by atoms with E-state index in [9.17, 15) is 4.79 Å². The zero-order valence-corrected chi connectivity index (χ0v) is 20.3. The Morgan fingerprint density at radius 3 is 2.32 bits per heavy atom. The molecular formula is C27H24N4O2S. The molecule has 34 heavy (non-hydrogen) atoms. The Morgan fingerprint density at radius 2 is 1.59 bits per heavy atom. The second kappa shape index (κ2) is 8.91. The predicted molar refractivity (Wildman–Crippen MR) is 136 cm³/mol. The van der Waals surface area contributed by atoms with E-state index in [1.165, 1.54) is 17.3 Å². The number of aryl methyl sites for hydroxylation is 3. The van der Waals surface area contributed by atoms with Gasteiger partial charge < -0.3 is 4.42 Å². The molecular weight excluding hydrogens is 444 g/mol. The number of rotatable bonds is 5. The molecule has 0 aliphatic rings. The van der Waals surface area contributed by atoms with Crippen LogP contribution in [0.25, 0.3) is 28.0 Å². The van der Waals surface area contributed by atoms with Crippen LogP contribution in [0.2, 0.25) is 0 Å². The SMILES string of the molecule is Cc1ccc(-c2nnc(C(C)Sc3nc4ccccc4c(=O)n3-c3c(C)cccc3C)o2)cc1. The summed E-state index contributed by atoms with van der Waals surface area (Å²) in [5.41, 5.74) is 5.48. The lowest BCUT2D eigenvalue weighted by Crippen LogP contribution is -2.23. The van der Waals surface area contributed by atoms with E-state index in [1.54, 1.807) is 4.57 Å². The summed E-state index contributed by atoms with van der Waals surface area (Å²) in [7, 11) is 0. The molecule has 0 spiro atoms. The molecule has 0 saturated heterocycles. The van der Waals surface area contributed by atoms with Gasteiger partial charge in [-0.15, -0.1) is 10.2 Å². The van der Waals surface area contributed by atoms with E-state index in [0.717, 1.165) is 22.4 Å². The van der Waals surface area contributed by atoms with Gasteiger partial charge >= 0.3 is 0 Å². The fourth-order valence-corrected chi connectivity index (χ4v) is 4.91. The van der Waals surface area contributed by atoms with Gasteiger partial charge in [-0.1, -0.05) is 59.8 Å². The number of fused-ring (bicyclic) bond motifs is 1. The molecule has 0 aliphatic carbocycles. The van der Waals surface area contributed by atoms with E-state index < -0.39 is 0 Å². The van der Waals surface area contributed by atoms with Crippen LogP contribution in [0.3, 0.4) is 0 Å². The lowest BCUT2D eigenvalue weighted by atomic mass is 10.1. The molecule has 5 rings (SSSR count). The van der Waals surface area contributed by atoms with Crippen molar-refractivity contribution >= 4 is 22.7 Å². The lowest BCUT2D eigenvalue weighted by Gasteiger charge is -2.18. The fraction of sp³-hybridized carbons (Fsp3) is 0.185. The van der Waals surface area contributed by atoms with Crippen molar-refractivity contribution in [1.82, 2.24) is 19.7 Å². The van der Waals surface area contributed by atoms with Crippen LogP contribution in [0, 0.1) is 20.8 Å². The molecule has 170 valence electrons. The Hall–Kier alpha value is -3.71. The van der Waals surface area contributed by atoms with Crippen LogP contribution in [-0.2, 0) is 0 Å². The average Bonchev–Trinajstić information content (AvgIpc) is 3.32. The van der Waals surface area contributed by atoms with Gasteiger partial charge in [0, 0.05) is 5.56 Å². The smallest absolute Gasteiger partial charge is 0.266 e. The van der Waals surface area contributed by atoms with Gasteiger partial charge in [0.05, 0.1) is 21.8 Å². The highest BCUT2D eigenvalue weighted by molar-refractivity contribution is 7.99. The maximum Gasteiger partial charge on any atom is 0.266 e. The van der Waals surface area contributed by atoms with Gasteiger partial charge in [0.15, 0.2) is 5.16 Å². The third-order valence-electron chi connectivity index (χ3n) is 5.78. The van der Waals surface area contributed by atoms with E-state index in [-0.39, 0.29) is 10.8 Å². The minimum absolute atomic E-state index is 0.0939. The Labute approximate surface area is 201 Å². The number of para-hydroxylation sites is 2. The van der Waals surface area contributed by atoms with Crippen molar-refractivity contribution in [1.29, 1.82) is 0 Å².